The van der Waals surface area contributed by atoms with E-state index in [0.717, 1.165) is 56.2 Å². The standard InChI is InChI=1S/C17H24N2O3/c1-3-18-6-8-19(9-7-18)17(20)14-10-13-11-15(21-2)4-5-16(13)22-12-14/h4-5,11,14H,3,6-10,12H2,1-2H3. The third kappa shape index (κ3) is 3.04. The quantitative estimate of drug-likeness (QED) is 0.847. The first-order chi connectivity index (χ1) is 10.7. The summed E-state index contributed by atoms with van der Waals surface area (Å²) >= 11 is 0. The Morgan fingerprint density at radius 2 is 2.09 bits per heavy atom. The van der Waals surface area contributed by atoms with E-state index in [2.05, 4.69) is 11.8 Å². The van der Waals surface area contributed by atoms with Crippen molar-refractivity contribution in [3.8, 4) is 11.5 Å². The second-order valence-electron chi connectivity index (χ2n) is 5.95. The van der Waals surface area contributed by atoms with Gasteiger partial charge in [0.1, 0.15) is 18.1 Å². The summed E-state index contributed by atoms with van der Waals surface area (Å²) in [5.74, 6) is 1.84. The van der Waals surface area contributed by atoms with Gasteiger partial charge in [0, 0.05) is 26.2 Å². The van der Waals surface area contributed by atoms with Gasteiger partial charge in [-0.3, -0.25) is 4.79 Å². The molecule has 0 aliphatic carbocycles. The van der Waals surface area contributed by atoms with Crippen LogP contribution in [0.15, 0.2) is 18.2 Å². The molecule has 2 aliphatic rings. The van der Waals surface area contributed by atoms with Crippen molar-refractivity contribution >= 4 is 5.91 Å². The summed E-state index contributed by atoms with van der Waals surface area (Å²) in [6, 6.07) is 5.80. The highest BCUT2D eigenvalue weighted by atomic mass is 16.5. The maximum Gasteiger partial charge on any atom is 0.229 e. The molecule has 1 amide bonds. The molecule has 3 rings (SSSR count). The molecule has 2 heterocycles. The zero-order valence-corrected chi connectivity index (χ0v) is 13.4. The van der Waals surface area contributed by atoms with Crippen molar-refractivity contribution in [3.05, 3.63) is 23.8 Å². The molecule has 0 aromatic heterocycles. The maximum atomic E-state index is 12.7. The molecule has 0 bridgehead atoms. The highest BCUT2D eigenvalue weighted by Gasteiger charge is 2.31. The molecule has 22 heavy (non-hydrogen) atoms. The molecule has 5 nitrogen and oxygen atoms in total. The zero-order chi connectivity index (χ0) is 15.5. The monoisotopic (exact) mass is 304 g/mol. The Morgan fingerprint density at radius 1 is 1.32 bits per heavy atom. The number of piperazine rings is 1. The van der Waals surface area contributed by atoms with Crippen LogP contribution >= 0.6 is 0 Å². The summed E-state index contributed by atoms with van der Waals surface area (Å²) in [5, 5.41) is 0. The smallest absolute Gasteiger partial charge is 0.229 e. The van der Waals surface area contributed by atoms with Gasteiger partial charge in [-0.05, 0) is 36.7 Å². The molecular formula is C17H24N2O3. The summed E-state index contributed by atoms with van der Waals surface area (Å²) < 4.78 is 11.0. The van der Waals surface area contributed by atoms with E-state index in [1.807, 2.05) is 23.1 Å². The number of benzene rings is 1. The number of carbonyl (C=O) groups excluding carboxylic acids is 1. The van der Waals surface area contributed by atoms with Crippen LogP contribution in [0.4, 0.5) is 0 Å². The van der Waals surface area contributed by atoms with Crippen LogP contribution in [0.3, 0.4) is 0 Å². The lowest BCUT2D eigenvalue weighted by atomic mass is 9.95. The molecule has 2 aliphatic heterocycles. The number of hydrogen-bond acceptors (Lipinski definition) is 4. The average Bonchev–Trinajstić information content (AvgIpc) is 2.60. The fourth-order valence-electron chi connectivity index (χ4n) is 3.20. The second kappa shape index (κ2) is 6.57. The van der Waals surface area contributed by atoms with Crippen molar-refractivity contribution in [1.29, 1.82) is 0 Å². The van der Waals surface area contributed by atoms with Crippen molar-refractivity contribution in [2.45, 2.75) is 13.3 Å². The van der Waals surface area contributed by atoms with Crippen LogP contribution in [-0.2, 0) is 11.2 Å². The van der Waals surface area contributed by atoms with Gasteiger partial charge >= 0.3 is 0 Å². The first kappa shape index (κ1) is 15.2. The Balaban J connectivity index is 1.65. The third-order valence-electron chi connectivity index (χ3n) is 4.65. The summed E-state index contributed by atoms with van der Waals surface area (Å²) in [6.07, 6.45) is 0.735. The number of ether oxygens (including phenoxy) is 2. The van der Waals surface area contributed by atoms with Crippen LogP contribution in [-0.4, -0.2) is 62.1 Å². The van der Waals surface area contributed by atoms with E-state index in [-0.39, 0.29) is 11.8 Å². The average molecular weight is 304 g/mol. The van der Waals surface area contributed by atoms with Gasteiger partial charge in [-0.2, -0.15) is 0 Å². The van der Waals surface area contributed by atoms with E-state index in [1.165, 1.54) is 0 Å². The van der Waals surface area contributed by atoms with E-state index < -0.39 is 0 Å². The van der Waals surface area contributed by atoms with Crippen LogP contribution in [0.5, 0.6) is 11.5 Å². The molecule has 0 saturated carbocycles. The Hall–Kier alpha value is -1.75. The Kier molecular flexibility index (Phi) is 4.52. The molecule has 5 heteroatoms. The Morgan fingerprint density at radius 3 is 2.77 bits per heavy atom. The highest BCUT2D eigenvalue weighted by Crippen LogP contribution is 2.31. The lowest BCUT2D eigenvalue weighted by molar-refractivity contribution is -0.138. The number of hydrogen-bond donors (Lipinski definition) is 0. The molecule has 120 valence electrons. The molecule has 1 saturated heterocycles. The first-order valence-electron chi connectivity index (χ1n) is 8.02. The van der Waals surface area contributed by atoms with Gasteiger partial charge in [0.05, 0.1) is 13.0 Å². The minimum Gasteiger partial charge on any atom is -0.497 e. The van der Waals surface area contributed by atoms with Crippen LogP contribution in [0.25, 0.3) is 0 Å². The first-order valence-corrected chi connectivity index (χ1v) is 8.02. The predicted octanol–water partition coefficient (Wildman–Crippen LogP) is 1.41. The minimum atomic E-state index is -0.0761. The molecular weight excluding hydrogens is 280 g/mol. The largest absolute Gasteiger partial charge is 0.497 e. The minimum absolute atomic E-state index is 0.0761. The molecule has 0 radical (unpaired) electrons. The van der Waals surface area contributed by atoms with Gasteiger partial charge in [-0.25, -0.2) is 0 Å². The summed E-state index contributed by atoms with van der Waals surface area (Å²) in [4.78, 5) is 17.1. The maximum absolute atomic E-state index is 12.7. The van der Waals surface area contributed by atoms with Gasteiger partial charge in [0.25, 0.3) is 0 Å². The number of amides is 1. The number of nitrogens with zero attached hydrogens (tertiary/aromatic N) is 2. The predicted molar refractivity (Wildman–Crippen MR) is 84.4 cm³/mol. The SMILES string of the molecule is CCN1CCN(C(=O)C2COc3ccc(OC)cc3C2)CC1. The van der Waals surface area contributed by atoms with Crippen molar-refractivity contribution in [2.24, 2.45) is 5.92 Å². The van der Waals surface area contributed by atoms with Crippen molar-refractivity contribution in [1.82, 2.24) is 9.80 Å². The van der Waals surface area contributed by atoms with Crippen molar-refractivity contribution in [2.75, 3.05) is 46.4 Å². The number of likely N-dealkylation sites (N-methyl/N-ethyl adjacent to an activating group) is 1. The van der Waals surface area contributed by atoms with Gasteiger partial charge in [-0.1, -0.05) is 6.92 Å². The van der Waals surface area contributed by atoms with Crippen LogP contribution in [0, 0.1) is 5.92 Å². The van der Waals surface area contributed by atoms with Gasteiger partial charge < -0.3 is 19.3 Å². The molecule has 1 aromatic carbocycles. The van der Waals surface area contributed by atoms with Gasteiger partial charge in [0.15, 0.2) is 0 Å². The van der Waals surface area contributed by atoms with Crippen LogP contribution in [0.1, 0.15) is 12.5 Å². The lowest BCUT2D eigenvalue weighted by Crippen LogP contribution is -2.51. The number of rotatable bonds is 3. The topological polar surface area (TPSA) is 42.0 Å². The van der Waals surface area contributed by atoms with E-state index in [1.54, 1.807) is 7.11 Å². The molecule has 1 atom stereocenters. The zero-order valence-electron chi connectivity index (χ0n) is 13.4. The molecule has 0 spiro atoms. The normalized spacial score (nSPS) is 21.9. The van der Waals surface area contributed by atoms with E-state index >= 15 is 0 Å². The fourth-order valence-corrected chi connectivity index (χ4v) is 3.20. The Labute approximate surface area is 131 Å². The summed E-state index contributed by atoms with van der Waals surface area (Å²) in [5.41, 5.74) is 1.07. The molecule has 1 aromatic rings. The van der Waals surface area contributed by atoms with Crippen LogP contribution < -0.4 is 9.47 Å². The highest BCUT2D eigenvalue weighted by molar-refractivity contribution is 5.80. The van der Waals surface area contributed by atoms with Crippen molar-refractivity contribution in [3.63, 3.8) is 0 Å². The number of methoxy groups -OCH3 is 1. The lowest BCUT2D eigenvalue weighted by Gasteiger charge is -2.36. The van der Waals surface area contributed by atoms with Gasteiger partial charge in [0.2, 0.25) is 5.91 Å². The van der Waals surface area contributed by atoms with Crippen molar-refractivity contribution < 1.29 is 14.3 Å². The number of carbonyl (C=O) groups is 1. The molecule has 1 fully saturated rings. The Bertz CT molecular complexity index is 539. The van der Waals surface area contributed by atoms with E-state index in [9.17, 15) is 4.79 Å². The summed E-state index contributed by atoms with van der Waals surface area (Å²) in [7, 11) is 1.65. The number of fused-ring (bicyclic) bond motifs is 1. The molecule has 1 unspecified atom stereocenters. The molecule has 0 N–H and O–H groups in total. The summed E-state index contributed by atoms with van der Waals surface area (Å²) in [6.45, 7) is 7.30. The third-order valence-corrected chi connectivity index (χ3v) is 4.65. The second-order valence-corrected chi connectivity index (χ2v) is 5.95. The van der Waals surface area contributed by atoms with Gasteiger partial charge in [-0.15, -0.1) is 0 Å². The van der Waals surface area contributed by atoms with E-state index in [4.69, 9.17) is 9.47 Å². The van der Waals surface area contributed by atoms with Crippen LogP contribution in [0.2, 0.25) is 0 Å². The fraction of sp³-hybridized carbons (Fsp3) is 0.588. The van der Waals surface area contributed by atoms with E-state index in [0.29, 0.717) is 6.61 Å².